The van der Waals surface area contributed by atoms with E-state index in [1.54, 1.807) is 24.3 Å². The molecule has 0 spiro atoms. The number of piperazine rings is 1. The van der Waals surface area contributed by atoms with Crippen molar-refractivity contribution in [2.24, 2.45) is 0 Å². The van der Waals surface area contributed by atoms with E-state index in [9.17, 15) is 16.8 Å². The number of nitrogens with zero attached hydrogens (tertiary/aromatic N) is 2. The van der Waals surface area contributed by atoms with Gasteiger partial charge in [0.05, 0.1) is 13.2 Å². The summed E-state index contributed by atoms with van der Waals surface area (Å²) in [6.45, 7) is 18.9. The highest BCUT2D eigenvalue weighted by molar-refractivity contribution is 7.89. The second kappa shape index (κ2) is 13.0. The molecule has 0 radical (unpaired) electrons. The van der Waals surface area contributed by atoms with Crippen LogP contribution >= 0.6 is 0 Å². The normalized spacial score (nSPS) is 16.1. The van der Waals surface area contributed by atoms with E-state index < -0.39 is 20.0 Å². The van der Waals surface area contributed by atoms with Gasteiger partial charge in [0.15, 0.2) is 0 Å². The van der Waals surface area contributed by atoms with Crippen molar-refractivity contribution in [2.75, 3.05) is 52.5 Å². The zero-order valence-corrected chi connectivity index (χ0v) is 27.4. The number of hydrogen-bond donors (Lipinski definition) is 1. The molecular weight excluding hydrogens is 562 g/mol. The van der Waals surface area contributed by atoms with E-state index in [-0.39, 0.29) is 27.2 Å². The van der Waals surface area contributed by atoms with Gasteiger partial charge >= 0.3 is 0 Å². The molecule has 2 aromatic rings. The summed E-state index contributed by atoms with van der Waals surface area (Å²) in [4.78, 5) is 2.39. The van der Waals surface area contributed by atoms with Crippen molar-refractivity contribution in [1.82, 2.24) is 13.9 Å². The number of nitrogens with one attached hydrogen (secondary N) is 1. The molecule has 0 amide bonds. The van der Waals surface area contributed by atoms with Crippen molar-refractivity contribution in [2.45, 2.75) is 76.0 Å². The lowest BCUT2D eigenvalue weighted by atomic mass is 9.87. The SMILES string of the molecule is CCOc1ccc(C(C)(C)C)cc1S(=O)(=O)NCCN1CCN(S(=O)(=O)c2cc(C(C)(C)C)ccc2OCC)CC1. The Balaban J connectivity index is 1.67. The molecular formula is C30H47N3O6S2. The van der Waals surface area contributed by atoms with Gasteiger partial charge in [0.1, 0.15) is 21.3 Å². The van der Waals surface area contributed by atoms with Gasteiger partial charge < -0.3 is 9.47 Å². The zero-order chi connectivity index (χ0) is 30.6. The molecule has 2 aromatic carbocycles. The second-order valence-electron chi connectivity index (χ2n) is 12.3. The summed E-state index contributed by atoms with van der Waals surface area (Å²) in [6, 6.07) is 10.7. The maximum Gasteiger partial charge on any atom is 0.246 e. The molecule has 41 heavy (non-hydrogen) atoms. The topological polar surface area (TPSA) is 105 Å². The van der Waals surface area contributed by atoms with Crippen LogP contribution in [0.25, 0.3) is 0 Å². The van der Waals surface area contributed by atoms with Crippen LogP contribution in [0, 0.1) is 0 Å². The van der Waals surface area contributed by atoms with E-state index in [1.807, 2.05) is 67.5 Å². The van der Waals surface area contributed by atoms with Crippen LogP contribution in [0.4, 0.5) is 0 Å². The molecule has 1 saturated heterocycles. The van der Waals surface area contributed by atoms with Crippen LogP contribution in [0.5, 0.6) is 11.5 Å². The van der Waals surface area contributed by atoms with Crippen LogP contribution in [0.3, 0.4) is 0 Å². The molecule has 0 bridgehead atoms. The Morgan fingerprint density at radius 3 is 1.66 bits per heavy atom. The third kappa shape index (κ3) is 8.22. The van der Waals surface area contributed by atoms with Gasteiger partial charge in [0.2, 0.25) is 20.0 Å². The molecule has 1 heterocycles. The molecule has 230 valence electrons. The summed E-state index contributed by atoms with van der Waals surface area (Å²) < 4.78 is 69.4. The van der Waals surface area contributed by atoms with Crippen molar-refractivity contribution in [1.29, 1.82) is 0 Å². The van der Waals surface area contributed by atoms with E-state index in [1.165, 1.54) is 4.31 Å². The number of ether oxygens (including phenoxy) is 2. The van der Waals surface area contributed by atoms with E-state index in [0.29, 0.717) is 57.4 Å². The monoisotopic (exact) mass is 609 g/mol. The minimum Gasteiger partial charge on any atom is -0.492 e. The van der Waals surface area contributed by atoms with Gasteiger partial charge in [-0.2, -0.15) is 4.31 Å². The Labute approximate surface area is 247 Å². The number of sulfonamides is 2. The van der Waals surface area contributed by atoms with Gasteiger partial charge in [0, 0.05) is 39.3 Å². The molecule has 1 aliphatic rings. The Morgan fingerprint density at radius 2 is 1.20 bits per heavy atom. The van der Waals surface area contributed by atoms with Crippen molar-refractivity contribution in [3.8, 4) is 11.5 Å². The highest BCUT2D eigenvalue weighted by Gasteiger charge is 2.32. The Kier molecular flexibility index (Phi) is 10.6. The first-order valence-electron chi connectivity index (χ1n) is 14.3. The Bertz CT molecular complexity index is 1400. The molecule has 0 saturated carbocycles. The van der Waals surface area contributed by atoms with E-state index in [4.69, 9.17) is 9.47 Å². The lowest BCUT2D eigenvalue weighted by molar-refractivity contribution is 0.191. The quantitative estimate of drug-likeness (QED) is 0.404. The molecule has 0 aliphatic carbocycles. The van der Waals surface area contributed by atoms with E-state index in [2.05, 4.69) is 9.62 Å². The summed E-state index contributed by atoms with van der Waals surface area (Å²) in [7, 11) is -7.59. The predicted octanol–water partition coefficient (Wildman–Crippen LogP) is 4.36. The van der Waals surface area contributed by atoms with Crippen LogP contribution in [0.1, 0.15) is 66.5 Å². The highest BCUT2D eigenvalue weighted by Crippen LogP contribution is 2.33. The molecule has 3 rings (SSSR count). The van der Waals surface area contributed by atoms with Crippen LogP contribution in [-0.2, 0) is 30.9 Å². The van der Waals surface area contributed by atoms with Gasteiger partial charge in [-0.05, 0) is 60.1 Å². The predicted molar refractivity (Wildman–Crippen MR) is 163 cm³/mol. The summed E-state index contributed by atoms with van der Waals surface area (Å²) in [5, 5.41) is 0. The van der Waals surface area contributed by atoms with Crippen molar-refractivity contribution in [3.05, 3.63) is 47.5 Å². The van der Waals surface area contributed by atoms with Crippen LogP contribution in [0.2, 0.25) is 0 Å². The lowest BCUT2D eigenvalue weighted by Crippen LogP contribution is -2.50. The second-order valence-corrected chi connectivity index (χ2v) is 16.0. The third-order valence-electron chi connectivity index (χ3n) is 7.18. The fourth-order valence-electron chi connectivity index (χ4n) is 4.66. The molecule has 1 fully saturated rings. The van der Waals surface area contributed by atoms with Gasteiger partial charge in [0.25, 0.3) is 0 Å². The highest BCUT2D eigenvalue weighted by atomic mass is 32.2. The van der Waals surface area contributed by atoms with E-state index in [0.717, 1.165) is 11.1 Å². The molecule has 0 unspecified atom stereocenters. The van der Waals surface area contributed by atoms with Gasteiger partial charge in [-0.3, -0.25) is 4.90 Å². The van der Waals surface area contributed by atoms with Gasteiger partial charge in [-0.15, -0.1) is 0 Å². The first-order chi connectivity index (χ1) is 19.0. The number of rotatable bonds is 11. The van der Waals surface area contributed by atoms with Crippen molar-refractivity contribution >= 4 is 20.0 Å². The fourth-order valence-corrected chi connectivity index (χ4v) is 7.43. The average molecular weight is 610 g/mol. The van der Waals surface area contributed by atoms with Crippen molar-refractivity contribution in [3.63, 3.8) is 0 Å². The zero-order valence-electron chi connectivity index (χ0n) is 25.8. The number of benzene rings is 2. The largest absolute Gasteiger partial charge is 0.492 e. The molecule has 1 N–H and O–H groups in total. The molecule has 9 nitrogen and oxygen atoms in total. The minimum absolute atomic E-state index is 0.130. The minimum atomic E-state index is -3.82. The molecule has 0 atom stereocenters. The standard InChI is InChI=1S/C30H47N3O6S2/c1-9-38-25-13-11-23(29(3,4)5)21-27(25)40(34,35)31-15-16-32-17-19-33(20-18-32)41(36,37)28-22-24(30(6,7)8)12-14-26(28)39-10-2/h11-14,21-22,31H,9-10,15-20H2,1-8H3. The Hall–Kier alpha value is -2.18. The smallest absolute Gasteiger partial charge is 0.246 e. The average Bonchev–Trinajstić information content (AvgIpc) is 2.88. The van der Waals surface area contributed by atoms with Crippen molar-refractivity contribution < 1.29 is 26.3 Å². The van der Waals surface area contributed by atoms with Crippen LogP contribution < -0.4 is 14.2 Å². The van der Waals surface area contributed by atoms with E-state index >= 15 is 0 Å². The molecule has 0 aromatic heterocycles. The summed E-state index contributed by atoms with van der Waals surface area (Å²) in [5.41, 5.74) is 1.40. The first kappa shape index (κ1) is 33.3. The third-order valence-corrected chi connectivity index (χ3v) is 10.6. The van der Waals surface area contributed by atoms with Gasteiger partial charge in [-0.25, -0.2) is 21.6 Å². The maximum absolute atomic E-state index is 13.7. The summed E-state index contributed by atoms with van der Waals surface area (Å²) in [5.74, 6) is 0.688. The Morgan fingerprint density at radius 1 is 0.732 bits per heavy atom. The van der Waals surface area contributed by atoms with Gasteiger partial charge in [-0.1, -0.05) is 53.7 Å². The van der Waals surface area contributed by atoms with Crippen LogP contribution in [-0.4, -0.2) is 78.5 Å². The van der Waals surface area contributed by atoms with Crippen LogP contribution in [0.15, 0.2) is 46.2 Å². The maximum atomic E-state index is 13.7. The number of hydrogen-bond acceptors (Lipinski definition) is 7. The molecule has 1 aliphatic heterocycles. The summed E-state index contributed by atoms with van der Waals surface area (Å²) in [6.07, 6.45) is 0. The first-order valence-corrected chi connectivity index (χ1v) is 17.2. The molecule has 11 heteroatoms. The fraction of sp³-hybridized carbons (Fsp3) is 0.600. The summed E-state index contributed by atoms with van der Waals surface area (Å²) >= 11 is 0. The lowest BCUT2D eigenvalue weighted by Gasteiger charge is -2.34.